The molecule has 1 aliphatic heterocycles. The quantitative estimate of drug-likeness (QED) is 0.860. The summed E-state index contributed by atoms with van der Waals surface area (Å²) in [6.07, 6.45) is 0. The first kappa shape index (κ1) is 15.6. The van der Waals surface area contributed by atoms with E-state index in [-0.39, 0.29) is 22.6 Å². The van der Waals surface area contributed by atoms with Gasteiger partial charge in [0.2, 0.25) is 5.88 Å². The Morgan fingerprint density at radius 3 is 2.23 bits per heavy atom. The fraction of sp³-hybridized carbons (Fsp3) is 0.294. The van der Waals surface area contributed by atoms with E-state index in [0.29, 0.717) is 5.76 Å². The molecule has 0 spiro atoms. The number of halogens is 1. The van der Waals surface area contributed by atoms with E-state index >= 15 is 0 Å². The van der Waals surface area contributed by atoms with Gasteiger partial charge in [0.1, 0.15) is 23.2 Å². The molecule has 2 rings (SSSR count). The summed E-state index contributed by atoms with van der Waals surface area (Å²) >= 11 is 0. The number of nitriles is 2. The van der Waals surface area contributed by atoms with Crippen LogP contribution in [0.4, 0.5) is 4.39 Å². The van der Waals surface area contributed by atoms with Crippen LogP contribution in [0.5, 0.6) is 0 Å². The maximum Gasteiger partial charge on any atom is 0.205 e. The summed E-state index contributed by atoms with van der Waals surface area (Å²) in [5.41, 5.74) is 5.84. The molecule has 1 aromatic carbocycles. The van der Waals surface area contributed by atoms with Gasteiger partial charge < -0.3 is 10.5 Å². The lowest BCUT2D eigenvalue weighted by atomic mass is 9.78. The Bertz CT molecular complexity index is 757. The molecule has 112 valence electrons. The molecule has 1 aromatic rings. The van der Waals surface area contributed by atoms with E-state index in [1.165, 1.54) is 6.07 Å². The average Bonchev–Trinajstić information content (AvgIpc) is 2.45. The zero-order valence-electron chi connectivity index (χ0n) is 12.6. The first-order chi connectivity index (χ1) is 10.3. The van der Waals surface area contributed by atoms with Gasteiger partial charge in [-0.15, -0.1) is 0 Å². The molecule has 1 heterocycles. The minimum Gasteiger partial charge on any atom is -0.443 e. The fourth-order valence-electron chi connectivity index (χ4n) is 2.45. The highest BCUT2D eigenvalue weighted by atomic mass is 19.1. The summed E-state index contributed by atoms with van der Waals surface area (Å²) in [6, 6.07) is 10.1. The van der Waals surface area contributed by atoms with Crippen LogP contribution in [0.1, 0.15) is 32.3 Å². The Kier molecular flexibility index (Phi) is 3.93. The Labute approximate surface area is 128 Å². The predicted molar refractivity (Wildman–Crippen MR) is 79.1 cm³/mol. The van der Waals surface area contributed by atoms with Crippen molar-refractivity contribution in [1.82, 2.24) is 0 Å². The minimum absolute atomic E-state index is 0.0506. The summed E-state index contributed by atoms with van der Waals surface area (Å²) < 4.78 is 19.7. The number of nitrogens with two attached hydrogens (primary N) is 1. The van der Waals surface area contributed by atoms with Crippen LogP contribution in [0.25, 0.3) is 0 Å². The molecule has 0 aromatic heterocycles. The lowest BCUT2D eigenvalue weighted by Gasteiger charge is -2.32. The van der Waals surface area contributed by atoms with Crippen molar-refractivity contribution in [3.05, 3.63) is 58.4 Å². The van der Waals surface area contributed by atoms with Crippen LogP contribution in [0, 0.1) is 33.9 Å². The molecule has 1 atom stereocenters. The molecule has 0 saturated heterocycles. The Morgan fingerprint density at radius 1 is 1.14 bits per heavy atom. The predicted octanol–water partition coefficient (Wildman–Crippen LogP) is 3.46. The van der Waals surface area contributed by atoms with Gasteiger partial charge in [-0.05, 0) is 6.07 Å². The number of hydrogen-bond donors (Lipinski definition) is 1. The number of rotatable bonds is 1. The molecule has 22 heavy (non-hydrogen) atoms. The first-order valence-electron chi connectivity index (χ1n) is 6.78. The molecular weight excluding hydrogens is 281 g/mol. The van der Waals surface area contributed by atoms with E-state index < -0.39 is 17.2 Å². The monoisotopic (exact) mass is 297 g/mol. The molecule has 2 N–H and O–H groups in total. The molecule has 4 nitrogen and oxygen atoms in total. The highest BCUT2D eigenvalue weighted by molar-refractivity contribution is 5.54. The highest BCUT2D eigenvalue weighted by Crippen LogP contribution is 2.44. The SMILES string of the molecule is CC(C)(C)C1=C(C#N)[C@@H](c2ccccc2F)C(C#N)=C(N)O1. The van der Waals surface area contributed by atoms with Crippen molar-refractivity contribution in [1.29, 1.82) is 10.5 Å². The Balaban J connectivity index is 2.77. The van der Waals surface area contributed by atoms with Gasteiger partial charge in [-0.1, -0.05) is 39.0 Å². The van der Waals surface area contributed by atoms with Crippen molar-refractivity contribution in [2.24, 2.45) is 11.1 Å². The van der Waals surface area contributed by atoms with E-state index in [9.17, 15) is 14.9 Å². The summed E-state index contributed by atoms with van der Waals surface area (Å²) in [5, 5.41) is 18.9. The van der Waals surface area contributed by atoms with Crippen molar-refractivity contribution < 1.29 is 9.13 Å². The number of benzene rings is 1. The van der Waals surface area contributed by atoms with Crippen molar-refractivity contribution in [2.75, 3.05) is 0 Å². The van der Waals surface area contributed by atoms with Gasteiger partial charge in [-0.25, -0.2) is 4.39 Å². The van der Waals surface area contributed by atoms with Crippen molar-refractivity contribution in [2.45, 2.75) is 26.7 Å². The smallest absolute Gasteiger partial charge is 0.205 e. The first-order valence-corrected chi connectivity index (χ1v) is 6.78. The molecule has 1 aliphatic rings. The second-order valence-electron chi connectivity index (χ2n) is 6.05. The van der Waals surface area contributed by atoms with Gasteiger partial charge in [0.15, 0.2) is 0 Å². The lowest BCUT2D eigenvalue weighted by Crippen LogP contribution is -2.26. The van der Waals surface area contributed by atoms with E-state index in [1.807, 2.05) is 26.8 Å². The second kappa shape index (κ2) is 5.54. The average molecular weight is 297 g/mol. The number of nitrogens with zero attached hydrogens (tertiary/aromatic N) is 2. The molecule has 0 saturated carbocycles. The number of hydrogen-bond acceptors (Lipinski definition) is 4. The molecule has 0 fully saturated rings. The van der Waals surface area contributed by atoms with E-state index in [1.54, 1.807) is 18.2 Å². The number of ether oxygens (including phenoxy) is 1. The Hall–Kier alpha value is -2.79. The van der Waals surface area contributed by atoms with Crippen LogP contribution >= 0.6 is 0 Å². The van der Waals surface area contributed by atoms with Gasteiger partial charge >= 0.3 is 0 Å². The third kappa shape index (κ3) is 2.54. The van der Waals surface area contributed by atoms with Crippen molar-refractivity contribution in [3.63, 3.8) is 0 Å². The molecule has 0 radical (unpaired) electrons. The lowest BCUT2D eigenvalue weighted by molar-refractivity contribution is 0.199. The van der Waals surface area contributed by atoms with E-state index in [4.69, 9.17) is 10.5 Å². The molecule has 0 unspecified atom stereocenters. The third-order valence-electron chi connectivity index (χ3n) is 3.44. The normalized spacial score (nSPS) is 18.5. The third-order valence-corrected chi connectivity index (χ3v) is 3.44. The molecule has 0 amide bonds. The van der Waals surface area contributed by atoms with E-state index in [2.05, 4.69) is 6.07 Å². The molecular formula is C17H16FN3O. The standard InChI is InChI=1S/C17H16FN3O/c1-17(2,3)15-11(8-19)14(12(9-20)16(21)22-15)10-6-4-5-7-13(10)18/h4-7,14H,21H2,1-3H3/t14-/m1/s1. The molecule has 0 aliphatic carbocycles. The van der Waals surface area contributed by atoms with Crippen molar-refractivity contribution >= 4 is 0 Å². The second-order valence-corrected chi connectivity index (χ2v) is 6.05. The van der Waals surface area contributed by atoms with Gasteiger partial charge in [0, 0.05) is 11.0 Å². The van der Waals surface area contributed by atoms with Crippen LogP contribution in [0.15, 0.2) is 47.1 Å². The topological polar surface area (TPSA) is 82.8 Å². The molecule has 0 bridgehead atoms. The largest absolute Gasteiger partial charge is 0.443 e. The number of allylic oxidation sites excluding steroid dienone is 3. The maximum absolute atomic E-state index is 14.2. The van der Waals surface area contributed by atoms with Gasteiger partial charge in [0.05, 0.1) is 17.6 Å². The summed E-state index contributed by atoms with van der Waals surface area (Å²) in [6.45, 7) is 5.59. The summed E-state index contributed by atoms with van der Waals surface area (Å²) in [4.78, 5) is 0. The zero-order valence-corrected chi connectivity index (χ0v) is 12.6. The maximum atomic E-state index is 14.2. The van der Waals surface area contributed by atoms with E-state index in [0.717, 1.165) is 0 Å². The fourth-order valence-corrected chi connectivity index (χ4v) is 2.45. The van der Waals surface area contributed by atoms with Gasteiger partial charge in [-0.3, -0.25) is 0 Å². The van der Waals surface area contributed by atoms with Crippen LogP contribution in [-0.2, 0) is 4.74 Å². The summed E-state index contributed by atoms with van der Waals surface area (Å²) in [5.74, 6) is -1.06. The van der Waals surface area contributed by atoms with Crippen LogP contribution < -0.4 is 5.73 Å². The summed E-state index contributed by atoms with van der Waals surface area (Å²) in [7, 11) is 0. The van der Waals surface area contributed by atoms with Crippen LogP contribution in [0.3, 0.4) is 0 Å². The van der Waals surface area contributed by atoms with Crippen LogP contribution in [0.2, 0.25) is 0 Å². The van der Waals surface area contributed by atoms with Gasteiger partial charge in [-0.2, -0.15) is 10.5 Å². The highest BCUT2D eigenvalue weighted by Gasteiger charge is 2.38. The molecule has 5 heteroatoms. The minimum atomic E-state index is -0.848. The Morgan fingerprint density at radius 2 is 1.73 bits per heavy atom. The zero-order chi connectivity index (χ0) is 16.5. The van der Waals surface area contributed by atoms with Crippen LogP contribution in [-0.4, -0.2) is 0 Å². The van der Waals surface area contributed by atoms with Crippen molar-refractivity contribution in [3.8, 4) is 12.1 Å². The van der Waals surface area contributed by atoms with Gasteiger partial charge in [0.25, 0.3) is 0 Å².